The van der Waals surface area contributed by atoms with Crippen molar-refractivity contribution in [1.29, 1.82) is 0 Å². The van der Waals surface area contributed by atoms with E-state index in [4.69, 9.17) is 0 Å². The number of hydrogen-bond donors (Lipinski definition) is 1. The van der Waals surface area contributed by atoms with Crippen LogP contribution in [0.5, 0.6) is 0 Å². The zero-order valence-electron chi connectivity index (χ0n) is 15.3. The molecule has 1 saturated heterocycles. The number of amides is 1. The number of nitrogens with zero attached hydrogens (tertiary/aromatic N) is 3. The van der Waals surface area contributed by atoms with Gasteiger partial charge in [-0.15, -0.1) is 0 Å². The molecule has 0 radical (unpaired) electrons. The summed E-state index contributed by atoms with van der Waals surface area (Å²) in [6.07, 6.45) is 6.64. The summed E-state index contributed by atoms with van der Waals surface area (Å²) >= 11 is 0. The first kappa shape index (κ1) is 18.6. The predicted octanol–water partition coefficient (Wildman–Crippen LogP) is 2.50. The molecule has 2 heterocycles. The maximum atomic E-state index is 13.8. The summed E-state index contributed by atoms with van der Waals surface area (Å²) in [7, 11) is 1.87. The Morgan fingerprint density at radius 3 is 3.04 bits per heavy atom. The Morgan fingerprint density at radius 1 is 1.42 bits per heavy atom. The van der Waals surface area contributed by atoms with Gasteiger partial charge in [0.1, 0.15) is 5.82 Å². The summed E-state index contributed by atoms with van der Waals surface area (Å²) < 4.78 is 13.8. The number of imidazole rings is 1. The average molecular weight is 358 g/mol. The highest BCUT2D eigenvalue weighted by Crippen LogP contribution is 2.18. The van der Waals surface area contributed by atoms with Crippen LogP contribution in [0.4, 0.5) is 4.39 Å². The second-order valence-corrected chi connectivity index (χ2v) is 7.18. The minimum absolute atomic E-state index is 0.109. The van der Waals surface area contributed by atoms with Crippen LogP contribution in [0.3, 0.4) is 0 Å². The van der Waals surface area contributed by atoms with Crippen LogP contribution >= 0.6 is 0 Å². The van der Waals surface area contributed by atoms with E-state index in [-0.39, 0.29) is 11.7 Å². The molecular weight excluding hydrogens is 331 g/mol. The van der Waals surface area contributed by atoms with Crippen LogP contribution in [0.15, 0.2) is 36.8 Å². The van der Waals surface area contributed by atoms with E-state index in [1.807, 2.05) is 24.1 Å². The molecule has 3 rings (SSSR count). The molecule has 1 unspecified atom stereocenters. The molecule has 26 heavy (non-hydrogen) atoms. The lowest BCUT2D eigenvalue weighted by Crippen LogP contribution is -2.42. The Labute approximate surface area is 154 Å². The van der Waals surface area contributed by atoms with E-state index in [2.05, 4.69) is 14.9 Å². The average Bonchev–Trinajstić information content (AvgIpc) is 3.14. The SMILES string of the molecule is CN(CC1CCCN(CCc2ccccc2F)C1)C(=O)Cc1cnc[nH]1. The second-order valence-electron chi connectivity index (χ2n) is 7.18. The Hall–Kier alpha value is -2.21. The number of carbonyl (C=O) groups excluding carboxylic acids is 1. The van der Waals surface area contributed by atoms with Crippen molar-refractivity contribution in [3.8, 4) is 0 Å². The van der Waals surface area contributed by atoms with Crippen LogP contribution < -0.4 is 0 Å². The fourth-order valence-corrected chi connectivity index (χ4v) is 3.65. The molecule has 1 aliphatic heterocycles. The molecule has 1 N–H and O–H groups in total. The van der Waals surface area contributed by atoms with E-state index < -0.39 is 0 Å². The Kier molecular flexibility index (Phi) is 6.39. The van der Waals surface area contributed by atoms with Crippen molar-refractivity contribution in [3.05, 3.63) is 53.9 Å². The molecule has 140 valence electrons. The molecule has 0 saturated carbocycles. The van der Waals surface area contributed by atoms with E-state index in [0.717, 1.165) is 56.7 Å². The largest absolute Gasteiger partial charge is 0.348 e. The first-order chi connectivity index (χ1) is 12.6. The minimum atomic E-state index is -0.120. The second kappa shape index (κ2) is 8.94. The first-order valence-electron chi connectivity index (χ1n) is 9.29. The molecule has 1 aromatic heterocycles. The third kappa shape index (κ3) is 5.14. The van der Waals surface area contributed by atoms with Gasteiger partial charge in [0.25, 0.3) is 0 Å². The summed E-state index contributed by atoms with van der Waals surface area (Å²) in [5.74, 6) is 0.461. The van der Waals surface area contributed by atoms with Gasteiger partial charge in [0.2, 0.25) is 5.91 Å². The molecule has 0 bridgehead atoms. The van der Waals surface area contributed by atoms with Crippen LogP contribution in [0.2, 0.25) is 0 Å². The minimum Gasteiger partial charge on any atom is -0.348 e. The van der Waals surface area contributed by atoms with E-state index in [0.29, 0.717) is 12.3 Å². The van der Waals surface area contributed by atoms with E-state index >= 15 is 0 Å². The van der Waals surface area contributed by atoms with Crippen LogP contribution in [0, 0.1) is 11.7 Å². The van der Waals surface area contributed by atoms with Crippen molar-refractivity contribution in [2.45, 2.75) is 25.7 Å². The van der Waals surface area contributed by atoms with Crippen molar-refractivity contribution >= 4 is 5.91 Å². The summed E-state index contributed by atoms with van der Waals surface area (Å²) in [6, 6.07) is 7.00. The van der Waals surface area contributed by atoms with Crippen molar-refractivity contribution in [2.24, 2.45) is 5.92 Å². The molecule has 6 heteroatoms. The number of H-pyrrole nitrogens is 1. The van der Waals surface area contributed by atoms with Gasteiger partial charge in [-0.25, -0.2) is 9.37 Å². The third-order valence-electron chi connectivity index (χ3n) is 5.11. The van der Waals surface area contributed by atoms with Crippen molar-refractivity contribution in [3.63, 3.8) is 0 Å². The Bertz CT molecular complexity index is 704. The topological polar surface area (TPSA) is 52.2 Å². The number of carbonyl (C=O) groups is 1. The lowest BCUT2D eigenvalue weighted by atomic mass is 9.97. The van der Waals surface area contributed by atoms with Crippen LogP contribution in [0.1, 0.15) is 24.1 Å². The summed E-state index contributed by atoms with van der Waals surface area (Å²) in [5.41, 5.74) is 1.62. The number of hydrogen-bond acceptors (Lipinski definition) is 3. The lowest BCUT2D eigenvalue weighted by Gasteiger charge is -2.34. The zero-order chi connectivity index (χ0) is 18.4. The van der Waals surface area contributed by atoms with Gasteiger partial charge in [-0.1, -0.05) is 18.2 Å². The predicted molar refractivity (Wildman–Crippen MR) is 99.2 cm³/mol. The van der Waals surface area contributed by atoms with Gasteiger partial charge in [-0.05, 0) is 43.4 Å². The zero-order valence-corrected chi connectivity index (χ0v) is 15.3. The van der Waals surface area contributed by atoms with Gasteiger partial charge in [0, 0.05) is 38.6 Å². The number of halogens is 1. The normalized spacial score (nSPS) is 18.0. The molecule has 1 aromatic carbocycles. The maximum absolute atomic E-state index is 13.8. The molecular formula is C20H27FN4O. The van der Waals surface area contributed by atoms with E-state index in [9.17, 15) is 9.18 Å². The third-order valence-corrected chi connectivity index (χ3v) is 5.11. The number of rotatable bonds is 7. The fraction of sp³-hybridized carbons (Fsp3) is 0.500. The standard InChI is InChI=1S/C20H27FN4O/c1-24(20(26)11-18-12-22-15-23-18)13-16-5-4-9-25(14-16)10-8-17-6-2-3-7-19(17)21/h2-3,6-7,12,15-16H,4-5,8-11,13-14H2,1H3,(H,22,23). The summed E-state index contributed by atoms with van der Waals surface area (Å²) in [4.78, 5) is 23.5. The molecule has 0 spiro atoms. The lowest BCUT2D eigenvalue weighted by molar-refractivity contribution is -0.130. The molecule has 1 aliphatic rings. The monoisotopic (exact) mass is 358 g/mol. The highest BCUT2D eigenvalue weighted by Gasteiger charge is 2.23. The van der Waals surface area contributed by atoms with Crippen molar-refractivity contribution < 1.29 is 9.18 Å². The van der Waals surface area contributed by atoms with Crippen LogP contribution in [-0.2, 0) is 17.6 Å². The Balaban J connectivity index is 1.45. The number of piperidine rings is 1. The molecule has 2 aromatic rings. The van der Waals surface area contributed by atoms with Crippen molar-refractivity contribution in [1.82, 2.24) is 19.8 Å². The molecule has 0 aliphatic carbocycles. The summed E-state index contributed by atoms with van der Waals surface area (Å²) in [5, 5.41) is 0. The van der Waals surface area contributed by atoms with Gasteiger partial charge >= 0.3 is 0 Å². The van der Waals surface area contributed by atoms with Gasteiger partial charge in [-0.2, -0.15) is 0 Å². The number of benzene rings is 1. The van der Waals surface area contributed by atoms with E-state index in [1.165, 1.54) is 6.07 Å². The van der Waals surface area contributed by atoms with Crippen molar-refractivity contribution in [2.75, 3.05) is 33.2 Å². The molecule has 1 atom stereocenters. The fourth-order valence-electron chi connectivity index (χ4n) is 3.65. The molecule has 1 amide bonds. The highest BCUT2D eigenvalue weighted by atomic mass is 19.1. The quantitative estimate of drug-likeness (QED) is 0.827. The van der Waals surface area contributed by atoms with Crippen LogP contribution in [-0.4, -0.2) is 58.9 Å². The number of aromatic nitrogens is 2. The van der Waals surface area contributed by atoms with Gasteiger partial charge in [0.15, 0.2) is 0 Å². The maximum Gasteiger partial charge on any atom is 0.228 e. The molecule has 1 fully saturated rings. The number of aromatic amines is 1. The van der Waals surface area contributed by atoms with Gasteiger partial charge in [0.05, 0.1) is 12.7 Å². The number of likely N-dealkylation sites (tertiary alicyclic amines) is 1. The van der Waals surface area contributed by atoms with Crippen LogP contribution in [0.25, 0.3) is 0 Å². The highest BCUT2D eigenvalue weighted by molar-refractivity contribution is 5.77. The first-order valence-corrected chi connectivity index (χ1v) is 9.29. The summed E-state index contributed by atoms with van der Waals surface area (Å²) in [6.45, 7) is 3.65. The smallest absolute Gasteiger partial charge is 0.228 e. The van der Waals surface area contributed by atoms with E-state index in [1.54, 1.807) is 18.6 Å². The molecule has 5 nitrogen and oxygen atoms in total. The number of likely N-dealkylation sites (N-methyl/N-ethyl adjacent to an activating group) is 1. The number of nitrogens with one attached hydrogen (secondary N) is 1. The Morgan fingerprint density at radius 2 is 2.27 bits per heavy atom. The van der Waals surface area contributed by atoms with Gasteiger partial charge < -0.3 is 14.8 Å². The van der Waals surface area contributed by atoms with Gasteiger partial charge in [-0.3, -0.25) is 4.79 Å².